The molecule has 0 unspecified atom stereocenters. The summed E-state index contributed by atoms with van der Waals surface area (Å²) >= 11 is 6.03. The number of aryl methyl sites for hydroxylation is 1. The largest absolute Gasteiger partial charge is 0.506 e. The van der Waals surface area contributed by atoms with Crippen LogP contribution in [-0.2, 0) is 6.42 Å². The number of aromatic hydroxyl groups is 1. The van der Waals surface area contributed by atoms with Crippen LogP contribution < -0.4 is 5.43 Å². The topological polar surface area (TPSA) is 74.2 Å². The predicted molar refractivity (Wildman–Crippen MR) is 141 cm³/mol. The molecule has 0 atom stereocenters. The molecule has 0 saturated heterocycles. The lowest BCUT2D eigenvalue weighted by atomic mass is 9.97. The summed E-state index contributed by atoms with van der Waals surface area (Å²) in [6.07, 6.45) is 7.84. The Labute approximate surface area is 210 Å². The lowest BCUT2D eigenvalue weighted by Gasteiger charge is -2.15. The first kappa shape index (κ1) is 23.1. The summed E-state index contributed by atoms with van der Waals surface area (Å²) in [5.74, 6) is 0.613. The Bertz CT molecular complexity index is 1130. The van der Waals surface area contributed by atoms with Crippen molar-refractivity contribution in [2.45, 2.75) is 51.9 Å². The third-order valence-electron chi connectivity index (χ3n) is 5.06. The first-order valence-electron chi connectivity index (χ1n) is 9.59. The second-order valence-electron chi connectivity index (χ2n) is 7.06. The van der Waals surface area contributed by atoms with Gasteiger partial charge >= 0.3 is 0 Å². The lowest BCUT2D eigenvalue weighted by molar-refractivity contribution is 0.461. The Morgan fingerprint density at radius 1 is 1.07 bits per heavy atom. The molecule has 3 rings (SSSR count). The van der Waals surface area contributed by atoms with Gasteiger partial charge in [-0.2, -0.15) is 5.26 Å². The number of phenols is 1. The molecule has 4 nitrogen and oxygen atoms in total. The predicted octanol–water partition coefficient (Wildman–Crippen LogP) is 7.19. The third kappa shape index (κ3) is 4.69. The second kappa shape index (κ2) is 10.1. The fourth-order valence-corrected chi connectivity index (χ4v) is 6.02. The zero-order valence-corrected chi connectivity index (χ0v) is 22.4. The fraction of sp³-hybridized carbons (Fsp3) is 0.364. The maximum Gasteiger partial charge on any atom is 0.209 e. The second-order valence-corrected chi connectivity index (χ2v) is 10.4. The van der Waals surface area contributed by atoms with Crippen molar-refractivity contribution in [1.82, 2.24) is 0 Å². The van der Waals surface area contributed by atoms with Crippen molar-refractivity contribution in [1.29, 1.82) is 5.26 Å². The third-order valence-corrected chi connectivity index (χ3v) is 7.84. The molecule has 0 fully saturated rings. The summed E-state index contributed by atoms with van der Waals surface area (Å²) in [4.78, 5) is 12.3. The van der Waals surface area contributed by atoms with E-state index in [4.69, 9.17) is 4.42 Å². The standard InChI is InChI=1S/C22H20I3NO3/c1-2-3-4-5-6-7-8-12-9-13-15(11-26)14-10-16(23)20(28)18(25)22(14)29-21(13)17(24)19(12)27/h9-10,27H,2-8H2,1H3. The number of benzene rings is 2. The van der Waals surface area contributed by atoms with Gasteiger partial charge in [0.15, 0.2) is 11.3 Å². The first-order chi connectivity index (χ1) is 13.9. The number of phenolic OH excluding ortho intramolecular Hbond substituents is 1. The van der Waals surface area contributed by atoms with Crippen molar-refractivity contribution < 1.29 is 9.52 Å². The average molecular weight is 727 g/mol. The molecule has 0 saturated carbocycles. The number of rotatable bonds is 7. The van der Waals surface area contributed by atoms with E-state index in [0.29, 0.717) is 38.6 Å². The van der Waals surface area contributed by atoms with Crippen molar-refractivity contribution >= 4 is 78.7 Å². The zero-order valence-electron chi connectivity index (χ0n) is 15.9. The molecule has 1 N–H and O–H groups in total. The Morgan fingerprint density at radius 2 is 1.76 bits per heavy atom. The molecule has 1 aliphatic heterocycles. The molecule has 0 aromatic heterocycles. The minimum Gasteiger partial charge on any atom is -0.506 e. The van der Waals surface area contributed by atoms with Crippen LogP contribution in [0.5, 0.6) is 5.75 Å². The van der Waals surface area contributed by atoms with E-state index in [-0.39, 0.29) is 11.2 Å². The molecule has 1 aliphatic carbocycles. The van der Waals surface area contributed by atoms with Crippen LogP contribution >= 0.6 is 67.8 Å². The van der Waals surface area contributed by atoms with E-state index in [2.05, 4.69) is 35.6 Å². The van der Waals surface area contributed by atoms with Crippen LogP contribution in [0.1, 0.15) is 56.6 Å². The molecule has 7 heteroatoms. The Balaban J connectivity index is 2.10. The highest BCUT2D eigenvalue weighted by Gasteiger charge is 2.24. The van der Waals surface area contributed by atoms with Crippen LogP contribution in [0, 0.1) is 22.0 Å². The molecule has 1 aromatic rings. The summed E-state index contributed by atoms with van der Waals surface area (Å²) in [6, 6.07) is 5.89. The van der Waals surface area contributed by atoms with Crippen molar-refractivity contribution in [3.8, 4) is 23.1 Å². The molecule has 0 bridgehead atoms. The van der Waals surface area contributed by atoms with Gasteiger partial charge in [0.05, 0.1) is 12.7 Å². The van der Waals surface area contributed by atoms with Gasteiger partial charge in [0, 0.05) is 10.9 Å². The van der Waals surface area contributed by atoms with Crippen molar-refractivity contribution in [3.05, 3.63) is 44.2 Å². The van der Waals surface area contributed by atoms with Gasteiger partial charge < -0.3 is 9.52 Å². The normalized spacial score (nSPS) is 11.3. The number of halogens is 3. The fourth-order valence-electron chi connectivity index (χ4n) is 3.48. The quantitative estimate of drug-likeness (QED) is 0.159. The van der Waals surface area contributed by atoms with Crippen molar-refractivity contribution in [2.75, 3.05) is 0 Å². The maximum atomic E-state index is 12.3. The Kier molecular flexibility index (Phi) is 8.06. The van der Waals surface area contributed by atoms with Crippen molar-refractivity contribution in [3.63, 3.8) is 0 Å². The average Bonchev–Trinajstić information content (AvgIpc) is 2.71. The van der Waals surface area contributed by atoms with Crippen LogP contribution in [0.25, 0.3) is 22.3 Å². The van der Waals surface area contributed by atoms with E-state index < -0.39 is 0 Å². The highest BCUT2D eigenvalue weighted by Crippen LogP contribution is 2.41. The highest BCUT2D eigenvalue weighted by molar-refractivity contribution is 14.1. The monoisotopic (exact) mass is 727 g/mol. The molecular weight excluding hydrogens is 707 g/mol. The number of hydrogen-bond donors (Lipinski definition) is 1. The number of nitrogens with zero attached hydrogens (tertiary/aromatic N) is 1. The van der Waals surface area contributed by atoms with Gasteiger partial charge in [0.25, 0.3) is 0 Å². The maximum absolute atomic E-state index is 12.3. The van der Waals surface area contributed by atoms with E-state index >= 15 is 0 Å². The van der Waals surface area contributed by atoms with E-state index in [1.165, 1.54) is 25.7 Å². The molecule has 29 heavy (non-hydrogen) atoms. The highest BCUT2D eigenvalue weighted by atomic mass is 127. The van der Waals surface area contributed by atoms with Gasteiger partial charge in [-0.3, -0.25) is 4.79 Å². The van der Waals surface area contributed by atoms with E-state index in [0.717, 1.165) is 24.8 Å². The van der Waals surface area contributed by atoms with Crippen LogP contribution in [0.4, 0.5) is 0 Å². The number of fused-ring (bicyclic) bond motifs is 2. The SMILES string of the molecule is CCCCCCCCc1cc2c(C#N)c3cc(I)c(=O)c(I)c-3oc2c(I)c1O. The van der Waals surface area contributed by atoms with Gasteiger partial charge in [-0.1, -0.05) is 39.0 Å². The minimum atomic E-state index is -0.107. The number of unbranched alkanes of at least 4 members (excludes halogenated alkanes) is 5. The molecule has 0 spiro atoms. The van der Waals surface area contributed by atoms with Crippen LogP contribution in [-0.4, -0.2) is 5.11 Å². The van der Waals surface area contributed by atoms with Gasteiger partial charge in [-0.15, -0.1) is 0 Å². The molecule has 2 aliphatic rings. The summed E-state index contributed by atoms with van der Waals surface area (Å²) in [7, 11) is 0. The molecule has 1 aromatic carbocycles. The molecule has 0 radical (unpaired) electrons. The summed E-state index contributed by atoms with van der Waals surface area (Å²) in [6.45, 7) is 2.20. The zero-order chi connectivity index (χ0) is 21.1. The minimum absolute atomic E-state index is 0.107. The lowest BCUT2D eigenvalue weighted by Crippen LogP contribution is -2.12. The van der Waals surface area contributed by atoms with Crippen LogP contribution in [0.3, 0.4) is 0 Å². The van der Waals surface area contributed by atoms with E-state index in [1.807, 2.05) is 51.2 Å². The van der Waals surface area contributed by atoms with E-state index in [1.54, 1.807) is 6.07 Å². The Morgan fingerprint density at radius 3 is 2.45 bits per heavy atom. The molecule has 1 heterocycles. The van der Waals surface area contributed by atoms with Gasteiger partial charge in [0.1, 0.15) is 15.4 Å². The number of hydrogen-bond acceptors (Lipinski definition) is 4. The number of nitriles is 1. The van der Waals surface area contributed by atoms with Crippen LogP contribution in [0.2, 0.25) is 0 Å². The van der Waals surface area contributed by atoms with Gasteiger partial charge in [-0.25, -0.2) is 0 Å². The van der Waals surface area contributed by atoms with Crippen LogP contribution in [0.15, 0.2) is 21.3 Å². The molecule has 0 amide bonds. The Hall–Kier alpha value is -0.610. The summed E-state index contributed by atoms with van der Waals surface area (Å²) < 4.78 is 7.66. The van der Waals surface area contributed by atoms with E-state index in [9.17, 15) is 15.2 Å². The summed E-state index contributed by atoms with van der Waals surface area (Å²) in [5, 5.41) is 21.3. The summed E-state index contributed by atoms with van der Waals surface area (Å²) in [5.41, 5.74) is 2.31. The van der Waals surface area contributed by atoms with Gasteiger partial charge in [0.2, 0.25) is 5.43 Å². The first-order valence-corrected chi connectivity index (χ1v) is 12.8. The molecular formula is C22H20I3NO3. The van der Waals surface area contributed by atoms with Crippen molar-refractivity contribution in [2.24, 2.45) is 0 Å². The smallest absolute Gasteiger partial charge is 0.209 e. The van der Waals surface area contributed by atoms with Gasteiger partial charge in [-0.05, 0) is 98.3 Å². The molecule has 152 valence electrons.